The van der Waals surface area contributed by atoms with Crippen molar-refractivity contribution in [2.75, 3.05) is 42.9 Å². The van der Waals surface area contributed by atoms with Crippen molar-refractivity contribution in [2.45, 2.75) is 0 Å². The van der Waals surface area contributed by atoms with E-state index in [0.29, 0.717) is 24.7 Å². The summed E-state index contributed by atoms with van der Waals surface area (Å²) in [5.74, 6) is 1.25. The second kappa shape index (κ2) is 8.43. The maximum absolute atomic E-state index is 12.8. The SMILES string of the molecule is O=C(CNc1cc(-c2ccccc2)nc2ncnn12)N1CCN(c2ccccc2)CC1. The highest BCUT2D eigenvalue weighted by atomic mass is 16.2. The minimum absolute atomic E-state index is 0.0686. The molecule has 0 spiro atoms. The van der Waals surface area contributed by atoms with Crippen molar-refractivity contribution in [3.05, 3.63) is 73.1 Å². The number of piperazine rings is 1. The Morgan fingerprint density at radius 2 is 1.65 bits per heavy atom. The molecule has 31 heavy (non-hydrogen) atoms. The zero-order valence-corrected chi connectivity index (χ0v) is 17.1. The van der Waals surface area contributed by atoms with Gasteiger partial charge in [-0.05, 0) is 12.1 Å². The zero-order chi connectivity index (χ0) is 21.0. The van der Waals surface area contributed by atoms with Gasteiger partial charge in [-0.2, -0.15) is 14.6 Å². The number of rotatable bonds is 5. The Hall–Kier alpha value is -3.94. The molecule has 8 heteroatoms. The molecule has 1 fully saturated rings. The van der Waals surface area contributed by atoms with Crippen LogP contribution in [0, 0.1) is 0 Å². The molecule has 0 saturated carbocycles. The van der Waals surface area contributed by atoms with Gasteiger partial charge in [0, 0.05) is 43.5 Å². The van der Waals surface area contributed by atoms with Gasteiger partial charge in [0.05, 0.1) is 12.2 Å². The van der Waals surface area contributed by atoms with E-state index in [4.69, 9.17) is 0 Å². The lowest BCUT2D eigenvalue weighted by Crippen LogP contribution is -2.50. The van der Waals surface area contributed by atoms with Crippen molar-refractivity contribution >= 4 is 23.2 Å². The van der Waals surface area contributed by atoms with E-state index < -0.39 is 0 Å². The van der Waals surface area contributed by atoms with Crippen molar-refractivity contribution in [2.24, 2.45) is 0 Å². The van der Waals surface area contributed by atoms with Crippen LogP contribution in [-0.4, -0.2) is 63.1 Å². The molecule has 0 bridgehead atoms. The molecule has 0 atom stereocenters. The van der Waals surface area contributed by atoms with Gasteiger partial charge in [0.15, 0.2) is 0 Å². The molecule has 3 heterocycles. The third-order valence-corrected chi connectivity index (χ3v) is 5.50. The molecule has 1 aliphatic heterocycles. The van der Waals surface area contributed by atoms with Crippen molar-refractivity contribution in [1.82, 2.24) is 24.5 Å². The van der Waals surface area contributed by atoms with Gasteiger partial charge in [-0.25, -0.2) is 4.98 Å². The first kappa shape index (κ1) is 19.0. The smallest absolute Gasteiger partial charge is 0.254 e. The van der Waals surface area contributed by atoms with E-state index in [1.54, 1.807) is 4.52 Å². The van der Waals surface area contributed by atoms with Gasteiger partial charge in [-0.15, -0.1) is 0 Å². The second-order valence-corrected chi connectivity index (χ2v) is 7.42. The first-order valence-corrected chi connectivity index (χ1v) is 10.4. The van der Waals surface area contributed by atoms with Gasteiger partial charge in [0.25, 0.3) is 5.78 Å². The van der Waals surface area contributed by atoms with Crippen molar-refractivity contribution < 1.29 is 4.79 Å². The normalized spacial score (nSPS) is 14.1. The third kappa shape index (κ3) is 4.05. The van der Waals surface area contributed by atoms with E-state index >= 15 is 0 Å². The van der Waals surface area contributed by atoms with E-state index in [2.05, 4.69) is 37.4 Å². The topological polar surface area (TPSA) is 78.7 Å². The number of aromatic nitrogens is 4. The van der Waals surface area contributed by atoms with Crippen LogP contribution in [0.1, 0.15) is 0 Å². The molecule has 0 radical (unpaired) electrons. The first-order chi connectivity index (χ1) is 15.3. The monoisotopic (exact) mass is 413 g/mol. The van der Waals surface area contributed by atoms with Crippen molar-refractivity contribution in [3.63, 3.8) is 0 Å². The number of hydrogen-bond donors (Lipinski definition) is 1. The Kier molecular flexibility index (Phi) is 5.18. The van der Waals surface area contributed by atoms with Gasteiger partial charge in [0.2, 0.25) is 5.91 Å². The fourth-order valence-corrected chi connectivity index (χ4v) is 3.83. The molecule has 5 rings (SSSR count). The Balaban J connectivity index is 1.26. The fraction of sp³-hybridized carbons (Fsp3) is 0.217. The third-order valence-electron chi connectivity index (χ3n) is 5.50. The minimum atomic E-state index is 0.0686. The Labute approximate surface area is 180 Å². The number of carbonyl (C=O) groups is 1. The highest BCUT2D eigenvalue weighted by molar-refractivity contribution is 5.81. The molecule has 0 aliphatic carbocycles. The lowest BCUT2D eigenvalue weighted by molar-refractivity contribution is -0.129. The summed E-state index contributed by atoms with van der Waals surface area (Å²) in [7, 11) is 0. The fourth-order valence-electron chi connectivity index (χ4n) is 3.83. The average molecular weight is 413 g/mol. The summed E-state index contributed by atoms with van der Waals surface area (Å²) in [6.07, 6.45) is 1.47. The molecule has 156 valence electrons. The van der Waals surface area contributed by atoms with Crippen LogP contribution >= 0.6 is 0 Å². The summed E-state index contributed by atoms with van der Waals surface area (Å²) in [5.41, 5.74) is 2.97. The van der Waals surface area contributed by atoms with Gasteiger partial charge < -0.3 is 15.1 Å². The van der Waals surface area contributed by atoms with Gasteiger partial charge in [-0.1, -0.05) is 48.5 Å². The number of nitrogens with zero attached hydrogens (tertiary/aromatic N) is 6. The van der Waals surface area contributed by atoms with Crippen LogP contribution in [0.4, 0.5) is 11.5 Å². The first-order valence-electron chi connectivity index (χ1n) is 10.4. The number of anilines is 2. The second-order valence-electron chi connectivity index (χ2n) is 7.42. The van der Waals surface area contributed by atoms with Crippen LogP contribution in [0.2, 0.25) is 0 Å². The molecule has 1 amide bonds. The quantitative estimate of drug-likeness (QED) is 0.542. The average Bonchev–Trinajstić information content (AvgIpc) is 3.32. The minimum Gasteiger partial charge on any atom is -0.368 e. The van der Waals surface area contributed by atoms with Crippen LogP contribution in [0.3, 0.4) is 0 Å². The summed E-state index contributed by atoms with van der Waals surface area (Å²) >= 11 is 0. The summed E-state index contributed by atoms with van der Waals surface area (Å²) in [6.45, 7) is 3.27. The molecule has 1 N–H and O–H groups in total. The summed E-state index contributed by atoms with van der Waals surface area (Å²) < 4.78 is 1.62. The Morgan fingerprint density at radius 1 is 0.935 bits per heavy atom. The van der Waals surface area contributed by atoms with E-state index in [9.17, 15) is 4.79 Å². The molecular weight excluding hydrogens is 390 g/mol. The summed E-state index contributed by atoms with van der Waals surface area (Å²) in [5, 5.41) is 7.48. The van der Waals surface area contributed by atoms with Gasteiger partial charge >= 0.3 is 0 Å². The number of para-hydroxylation sites is 1. The van der Waals surface area contributed by atoms with E-state index in [-0.39, 0.29) is 12.5 Å². The summed E-state index contributed by atoms with van der Waals surface area (Å²) in [4.78, 5) is 25.8. The van der Waals surface area contributed by atoms with Crippen LogP contribution in [0.5, 0.6) is 0 Å². The lowest BCUT2D eigenvalue weighted by atomic mass is 10.1. The maximum Gasteiger partial charge on any atom is 0.254 e. The number of amides is 1. The van der Waals surface area contributed by atoms with Crippen molar-refractivity contribution in [1.29, 1.82) is 0 Å². The Bertz CT molecular complexity index is 1170. The number of carbonyl (C=O) groups excluding carboxylic acids is 1. The summed E-state index contributed by atoms with van der Waals surface area (Å²) in [6, 6.07) is 22.1. The van der Waals surface area contributed by atoms with Crippen LogP contribution in [0.25, 0.3) is 17.0 Å². The number of benzene rings is 2. The van der Waals surface area contributed by atoms with E-state index in [1.807, 2.05) is 59.5 Å². The molecule has 1 aliphatic rings. The maximum atomic E-state index is 12.8. The predicted molar refractivity (Wildman–Crippen MR) is 120 cm³/mol. The molecule has 0 unspecified atom stereocenters. The van der Waals surface area contributed by atoms with Crippen LogP contribution in [-0.2, 0) is 4.79 Å². The standard InChI is InChI=1S/C23H23N7O/c31-22(29-13-11-28(12-14-29)19-9-5-2-6-10-19)16-24-21-15-20(18-7-3-1-4-8-18)27-23-25-17-26-30(21)23/h1-10,15,17,24H,11-14,16H2. The Morgan fingerprint density at radius 3 is 2.39 bits per heavy atom. The van der Waals surface area contributed by atoms with Gasteiger partial charge in [0.1, 0.15) is 12.1 Å². The van der Waals surface area contributed by atoms with Crippen LogP contribution in [0.15, 0.2) is 73.1 Å². The number of hydrogen-bond acceptors (Lipinski definition) is 6. The van der Waals surface area contributed by atoms with Crippen molar-refractivity contribution in [3.8, 4) is 11.3 Å². The highest BCUT2D eigenvalue weighted by Gasteiger charge is 2.21. The number of fused-ring (bicyclic) bond motifs is 1. The lowest BCUT2D eigenvalue weighted by Gasteiger charge is -2.36. The largest absolute Gasteiger partial charge is 0.368 e. The molecule has 2 aromatic carbocycles. The number of nitrogens with one attached hydrogen (secondary N) is 1. The predicted octanol–water partition coefficient (Wildman–Crippen LogP) is 2.55. The molecular formula is C23H23N7O. The highest BCUT2D eigenvalue weighted by Crippen LogP contribution is 2.21. The van der Waals surface area contributed by atoms with E-state index in [0.717, 1.165) is 24.3 Å². The van der Waals surface area contributed by atoms with Gasteiger partial charge in [-0.3, -0.25) is 4.79 Å². The molecule has 1 saturated heterocycles. The zero-order valence-electron chi connectivity index (χ0n) is 17.1. The molecule has 2 aromatic heterocycles. The van der Waals surface area contributed by atoms with Crippen LogP contribution < -0.4 is 10.2 Å². The molecule has 8 nitrogen and oxygen atoms in total. The van der Waals surface area contributed by atoms with E-state index in [1.165, 1.54) is 12.0 Å². The molecule has 4 aromatic rings.